The van der Waals surface area contributed by atoms with Crippen LogP contribution in [0.1, 0.15) is 43.3 Å². The minimum Gasteiger partial charge on any atom is -0.481 e. The summed E-state index contributed by atoms with van der Waals surface area (Å²) in [5.74, 6) is -4.34. The molecule has 1 aromatic rings. The normalized spacial score (nSPS) is 20.5. The molecule has 2 heteroatoms. The Kier molecular flexibility index (Phi) is 2.33. The van der Waals surface area contributed by atoms with Crippen LogP contribution in [-0.4, -0.2) is 11.1 Å². The Morgan fingerprint density at radius 1 is 1.40 bits per heavy atom. The van der Waals surface area contributed by atoms with Crippen LogP contribution in [0.15, 0.2) is 24.3 Å². The van der Waals surface area contributed by atoms with Crippen molar-refractivity contribution in [1.29, 1.82) is 0 Å². The number of aliphatic carboxylic acids is 1. The SMILES string of the molecule is [2H]C(C)(C(=O)O)c1ccc(C([2H])([2H])C([2H])(C)C)cc1. The molecule has 0 aliphatic rings. The van der Waals surface area contributed by atoms with Crippen LogP contribution >= 0.6 is 0 Å². The Balaban J connectivity index is 3.18. The molecule has 15 heavy (non-hydrogen) atoms. The van der Waals surface area contributed by atoms with Crippen molar-refractivity contribution < 1.29 is 15.4 Å². The van der Waals surface area contributed by atoms with Crippen LogP contribution in [0.2, 0.25) is 0 Å². The van der Waals surface area contributed by atoms with Crippen LogP contribution in [0.25, 0.3) is 0 Å². The van der Waals surface area contributed by atoms with Crippen molar-refractivity contribution in [2.45, 2.75) is 33.0 Å². The Morgan fingerprint density at radius 2 is 1.93 bits per heavy atom. The van der Waals surface area contributed by atoms with Gasteiger partial charge in [0.1, 0.15) is 0 Å². The Hall–Kier alpha value is -1.31. The van der Waals surface area contributed by atoms with Gasteiger partial charge in [-0.25, -0.2) is 0 Å². The number of hydrogen-bond acceptors (Lipinski definition) is 1. The van der Waals surface area contributed by atoms with Gasteiger partial charge in [-0.1, -0.05) is 38.1 Å². The highest BCUT2D eigenvalue weighted by Crippen LogP contribution is 2.17. The largest absolute Gasteiger partial charge is 0.481 e. The summed E-state index contributed by atoms with van der Waals surface area (Å²) in [7, 11) is 0. The summed E-state index contributed by atoms with van der Waals surface area (Å²) in [6, 6.07) is 5.75. The molecule has 2 nitrogen and oxygen atoms in total. The number of rotatable bonds is 4. The van der Waals surface area contributed by atoms with Crippen molar-refractivity contribution in [3.8, 4) is 0 Å². The molecule has 1 unspecified atom stereocenters. The molecule has 1 aromatic carbocycles. The van der Waals surface area contributed by atoms with Gasteiger partial charge in [-0.3, -0.25) is 4.79 Å². The first-order chi connectivity index (χ1) is 8.40. The average Bonchev–Trinajstić information content (AvgIpc) is 2.27. The minimum absolute atomic E-state index is 0.280. The van der Waals surface area contributed by atoms with E-state index in [0.717, 1.165) is 0 Å². The van der Waals surface area contributed by atoms with Crippen LogP contribution in [0.5, 0.6) is 0 Å². The lowest BCUT2D eigenvalue weighted by Gasteiger charge is -2.09. The van der Waals surface area contributed by atoms with Crippen molar-refractivity contribution in [3.63, 3.8) is 0 Å². The fourth-order valence-electron chi connectivity index (χ4n) is 1.22. The molecule has 0 saturated carbocycles. The lowest BCUT2D eigenvalue weighted by atomic mass is 9.97. The summed E-state index contributed by atoms with van der Waals surface area (Å²) in [5, 5.41) is 8.96. The number of carboxylic acid groups (broad SMARTS) is 1. The van der Waals surface area contributed by atoms with Crippen molar-refractivity contribution >= 4 is 5.97 Å². The maximum atomic E-state index is 11.0. The maximum Gasteiger partial charge on any atom is 0.310 e. The van der Waals surface area contributed by atoms with E-state index in [1.807, 2.05) is 0 Å². The highest BCUT2D eigenvalue weighted by molar-refractivity contribution is 5.75. The number of benzene rings is 1. The molecule has 82 valence electrons. The van der Waals surface area contributed by atoms with Crippen LogP contribution in [0, 0.1) is 5.89 Å². The van der Waals surface area contributed by atoms with Gasteiger partial charge >= 0.3 is 5.97 Å². The lowest BCUT2D eigenvalue weighted by molar-refractivity contribution is -0.138. The van der Waals surface area contributed by atoms with Gasteiger partial charge in [0.15, 0.2) is 0 Å². The Labute approximate surface area is 96.6 Å². The van der Waals surface area contributed by atoms with Crippen LogP contribution in [0.3, 0.4) is 0 Å². The standard InChI is InChI=1S/C13H18O2/c1-9(2)8-11-4-6-12(7-5-11)10(3)13(14)15/h4-7,9-10H,8H2,1-3H3,(H,14,15)/i8D2,9D,10D. The van der Waals surface area contributed by atoms with Gasteiger partial charge in [0.2, 0.25) is 0 Å². The number of carbonyl (C=O) groups is 1. The topological polar surface area (TPSA) is 37.3 Å². The van der Waals surface area contributed by atoms with Gasteiger partial charge in [-0.2, -0.15) is 0 Å². The molecule has 1 atom stereocenters. The highest BCUT2D eigenvalue weighted by atomic mass is 16.4. The molecule has 0 fully saturated rings. The van der Waals surface area contributed by atoms with Crippen LogP contribution < -0.4 is 0 Å². The summed E-state index contributed by atoms with van der Waals surface area (Å²) in [5.41, 5.74) is 0.583. The van der Waals surface area contributed by atoms with Gasteiger partial charge in [0, 0.05) is 5.48 Å². The van der Waals surface area contributed by atoms with E-state index < -0.39 is 24.1 Å². The molecule has 0 heterocycles. The van der Waals surface area contributed by atoms with E-state index >= 15 is 0 Å². The second-order valence-electron chi connectivity index (χ2n) is 3.63. The molecular weight excluding hydrogens is 188 g/mol. The molecule has 1 rings (SSSR count). The molecule has 0 radical (unpaired) electrons. The monoisotopic (exact) mass is 210 g/mol. The van der Waals surface area contributed by atoms with Crippen molar-refractivity contribution in [1.82, 2.24) is 0 Å². The molecule has 0 aromatic heterocycles. The smallest absolute Gasteiger partial charge is 0.310 e. The Morgan fingerprint density at radius 3 is 2.33 bits per heavy atom. The second-order valence-corrected chi connectivity index (χ2v) is 3.63. The van der Waals surface area contributed by atoms with Crippen LogP contribution in [-0.2, 0) is 11.2 Å². The van der Waals surface area contributed by atoms with E-state index in [1.165, 1.54) is 45.0 Å². The molecule has 1 N–H and O–H groups in total. The van der Waals surface area contributed by atoms with Gasteiger partial charge in [-0.15, -0.1) is 0 Å². The zero-order valence-electron chi connectivity index (χ0n) is 13.2. The third kappa shape index (κ3) is 3.39. The first-order valence-corrected chi connectivity index (χ1v) is 4.75. The van der Waals surface area contributed by atoms with E-state index in [0.29, 0.717) is 5.56 Å². The zero-order chi connectivity index (χ0) is 15.1. The van der Waals surface area contributed by atoms with Crippen molar-refractivity contribution in [2.75, 3.05) is 0 Å². The molecule has 0 saturated heterocycles. The number of hydrogen-bond donors (Lipinski definition) is 1. The molecule has 0 amide bonds. The fourth-order valence-corrected chi connectivity index (χ4v) is 1.22. The maximum absolute atomic E-state index is 11.0. The third-order valence-electron chi connectivity index (χ3n) is 2.03. The van der Waals surface area contributed by atoms with Crippen molar-refractivity contribution in [2.24, 2.45) is 5.89 Å². The quantitative estimate of drug-likeness (QED) is 0.829. The first kappa shape index (κ1) is 7.04. The predicted molar refractivity (Wildman–Crippen MR) is 61.0 cm³/mol. The van der Waals surface area contributed by atoms with Gasteiger partial charge in [0.05, 0.1) is 5.89 Å². The fraction of sp³-hybridized carbons (Fsp3) is 0.462. The van der Waals surface area contributed by atoms with Gasteiger partial charge in [-0.05, 0) is 30.3 Å². The summed E-state index contributed by atoms with van der Waals surface area (Å²) in [4.78, 5) is 11.0. The molecular formula is C13H18O2. The van der Waals surface area contributed by atoms with E-state index in [1.54, 1.807) is 0 Å². The average molecular weight is 210 g/mol. The minimum atomic E-state index is -1.85. The zero-order valence-corrected chi connectivity index (χ0v) is 9.16. The highest BCUT2D eigenvalue weighted by Gasteiger charge is 2.12. The van der Waals surface area contributed by atoms with Crippen LogP contribution in [0.4, 0.5) is 0 Å². The second kappa shape index (κ2) is 4.96. The Bertz CT molecular complexity index is 472. The summed E-state index contributed by atoms with van der Waals surface area (Å²) in [6.45, 7) is 4.23. The summed E-state index contributed by atoms with van der Waals surface area (Å²) >= 11 is 0. The molecule has 0 bridgehead atoms. The van der Waals surface area contributed by atoms with Gasteiger partial charge in [0.25, 0.3) is 0 Å². The van der Waals surface area contributed by atoms with E-state index in [2.05, 4.69) is 0 Å². The number of carboxylic acids is 1. The van der Waals surface area contributed by atoms with E-state index in [4.69, 9.17) is 10.6 Å². The molecule has 0 aliphatic heterocycles. The summed E-state index contributed by atoms with van der Waals surface area (Å²) < 4.78 is 31.4. The third-order valence-corrected chi connectivity index (χ3v) is 2.03. The van der Waals surface area contributed by atoms with Crippen molar-refractivity contribution in [3.05, 3.63) is 35.4 Å². The molecule has 0 spiro atoms. The van der Waals surface area contributed by atoms with Gasteiger partial charge < -0.3 is 5.11 Å². The lowest BCUT2D eigenvalue weighted by Crippen LogP contribution is -2.07. The van der Waals surface area contributed by atoms with E-state index in [9.17, 15) is 4.79 Å². The first-order valence-electron chi connectivity index (χ1n) is 6.75. The predicted octanol–water partition coefficient (Wildman–Crippen LogP) is 3.07. The summed E-state index contributed by atoms with van der Waals surface area (Å²) in [6.07, 6.45) is -1.85. The van der Waals surface area contributed by atoms with E-state index in [-0.39, 0.29) is 5.56 Å². The molecule has 0 aliphatic carbocycles.